The summed E-state index contributed by atoms with van der Waals surface area (Å²) in [5.74, 6) is -0.348. The van der Waals surface area contributed by atoms with Gasteiger partial charge in [0.25, 0.3) is 5.91 Å². The van der Waals surface area contributed by atoms with E-state index in [-0.39, 0.29) is 17.5 Å². The molecule has 1 amide bonds. The molecule has 6 heteroatoms. The zero-order valence-corrected chi connectivity index (χ0v) is 19.0. The zero-order chi connectivity index (χ0) is 23.5. The van der Waals surface area contributed by atoms with Crippen LogP contribution >= 0.6 is 11.8 Å². The van der Waals surface area contributed by atoms with E-state index >= 15 is 0 Å². The third kappa shape index (κ3) is 4.58. The van der Waals surface area contributed by atoms with Crippen molar-refractivity contribution in [3.8, 4) is 5.75 Å². The second kappa shape index (κ2) is 9.53. The molecule has 5 rings (SSSR count). The van der Waals surface area contributed by atoms with Crippen molar-refractivity contribution in [2.45, 2.75) is 16.2 Å². The Morgan fingerprint density at radius 1 is 0.882 bits per heavy atom. The Bertz CT molecular complexity index is 1420. The summed E-state index contributed by atoms with van der Waals surface area (Å²) in [4.78, 5) is 19.5. The van der Waals surface area contributed by atoms with E-state index in [1.54, 1.807) is 60.3 Å². The fourth-order valence-corrected chi connectivity index (χ4v) is 4.88. The third-order valence-corrected chi connectivity index (χ3v) is 6.70. The number of nitrogens with zero attached hydrogens (tertiary/aromatic N) is 1. The van der Waals surface area contributed by atoms with E-state index in [0.29, 0.717) is 35.5 Å². The van der Waals surface area contributed by atoms with Crippen molar-refractivity contribution < 1.29 is 14.3 Å². The first-order chi connectivity index (χ1) is 16.6. The van der Waals surface area contributed by atoms with Crippen LogP contribution in [0, 0.1) is 5.82 Å². The van der Waals surface area contributed by atoms with Crippen LogP contribution in [0.1, 0.15) is 27.0 Å². The van der Waals surface area contributed by atoms with Gasteiger partial charge in [0, 0.05) is 33.0 Å². The van der Waals surface area contributed by atoms with Gasteiger partial charge in [0.1, 0.15) is 11.6 Å². The van der Waals surface area contributed by atoms with Gasteiger partial charge >= 0.3 is 0 Å². The molecule has 0 radical (unpaired) electrons. The Morgan fingerprint density at radius 2 is 1.68 bits per heavy atom. The lowest BCUT2D eigenvalue weighted by atomic mass is 10.0. The molecule has 1 aliphatic rings. The van der Waals surface area contributed by atoms with Crippen LogP contribution in [-0.2, 0) is 6.42 Å². The average molecular weight is 469 g/mol. The molecule has 0 spiro atoms. The highest BCUT2D eigenvalue weighted by Gasteiger charge is 2.21. The van der Waals surface area contributed by atoms with Crippen LogP contribution in [0.5, 0.6) is 5.75 Å². The summed E-state index contributed by atoms with van der Waals surface area (Å²) in [5, 5.41) is 12.5. The summed E-state index contributed by atoms with van der Waals surface area (Å²) >= 11 is 1.55. The number of halogens is 1. The minimum absolute atomic E-state index is 0.205. The fourth-order valence-electron chi connectivity index (χ4n) is 3.88. The Kier molecular flexibility index (Phi) is 6.14. The van der Waals surface area contributed by atoms with Gasteiger partial charge in [-0.25, -0.2) is 9.38 Å². The first-order valence-corrected chi connectivity index (χ1v) is 11.7. The van der Waals surface area contributed by atoms with Gasteiger partial charge in [0.05, 0.1) is 11.4 Å². The van der Waals surface area contributed by atoms with E-state index in [1.807, 2.05) is 36.4 Å². The predicted molar refractivity (Wildman–Crippen MR) is 133 cm³/mol. The molecule has 0 saturated carbocycles. The first-order valence-electron chi connectivity index (χ1n) is 10.9. The highest BCUT2D eigenvalue weighted by atomic mass is 32.2. The molecule has 4 aromatic rings. The lowest BCUT2D eigenvalue weighted by molar-refractivity contribution is 0.0954. The molecule has 4 nitrogen and oxygen atoms in total. The number of benzene rings is 4. The maximum absolute atomic E-state index is 14.7. The van der Waals surface area contributed by atoms with Crippen LogP contribution in [0.4, 0.5) is 10.1 Å². The summed E-state index contributed by atoms with van der Waals surface area (Å²) < 4.78 is 14.7. The molecule has 1 heterocycles. The van der Waals surface area contributed by atoms with Gasteiger partial charge in [-0.2, -0.15) is 0 Å². The molecule has 0 unspecified atom stereocenters. The van der Waals surface area contributed by atoms with Crippen molar-refractivity contribution >= 4 is 29.1 Å². The molecular weight excluding hydrogens is 447 g/mol. The van der Waals surface area contributed by atoms with Crippen molar-refractivity contribution in [2.75, 3.05) is 6.54 Å². The quantitative estimate of drug-likeness (QED) is 0.326. The highest BCUT2D eigenvalue weighted by molar-refractivity contribution is 7.99. The Balaban J connectivity index is 1.44. The number of amides is 1. The minimum atomic E-state index is -0.342. The second-order valence-electron chi connectivity index (χ2n) is 7.90. The number of carbonyl (C=O) groups excluding carboxylic acids is 1. The molecule has 0 aromatic heterocycles. The van der Waals surface area contributed by atoms with Crippen LogP contribution in [0.3, 0.4) is 0 Å². The molecule has 0 fully saturated rings. The van der Waals surface area contributed by atoms with E-state index in [9.17, 15) is 14.3 Å². The van der Waals surface area contributed by atoms with E-state index in [2.05, 4.69) is 5.32 Å². The fraction of sp³-hybridized carbons (Fsp3) is 0.0714. The molecule has 0 saturated heterocycles. The Labute approximate surface area is 201 Å². The molecule has 168 valence electrons. The summed E-state index contributed by atoms with van der Waals surface area (Å²) in [6, 6.07) is 26.8. The highest BCUT2D eigenvalue weighted by Crippen LogP contribution is 2.41. The van der Waals surface area contributed by atoms with Gasteiger partial charge < -0.3 is 10.4 Å². The minimum Gasteiger partial charge on any atom is -0.508 e. The van der Waals surface area contributed by atoms with Gasteiger partial charge in [-0.3, -0.25) is 4.79 Å². The van der Waals surface area contributed by atoms with E-state index in [1.165, 1.54) is 6.07 Å². The van der Waals surface area contributed by atoms with Crippen LogP contribution in [0.25, 0.3) is 0 Å². The number of hydrogen-bond acceptors (Lipinski definition) is 4. The topological polar surface area (TPSA) is 61.7 Å². The number of rotatable bonds is 5. The number of aromatic hydroxyl groups is 1. The molecular formula is C28H21FN2O2S. The van der Waals surface area contributed by atoms with Crippen LogP contribution in [-0.4, -0.2) is 23.3 Å². The molecule has 0 bridgehead atoms. The Morgan fingerprint density at radius 3 is 2.50 bits per heavy atom. The number of nitrogens with one attached hydrogen (secondary N) is 1. The lowest BCUT2D eigenvalue weighted by Gasteiger charge is -2.09. The SMILES string of the molecule is O=C(NCCc1cccc(O)c1)c1ccc2c(c1)N=C(c1ccccc1F)c1ccccc1S2. The number of phenols is 1. The van der Waals surface area contributed by atoms with Crippen molar-refractivity contribution in [2.24, 2.45) is 4.99 Å². The second-order valence-corrected chi connectivity index (χ2v) is 8.98. The van der Waals surface area contributed by atoms with Gasteiger partial charge in [-0.15, -0.1) is 0 Å². The first kappa shape index (κ1) is 21.9. The van der Waals surface area contributed by atoms with E-state index in [4.69, 9.17) is 4.99 Å². The zero-order valence-electron chi connectivity index (χ0n) is 18.2. The molecule has 34 heavy (non-hydrogen) atoms. The number of carbonyl (C=O) groups is 1. The molecule has 0 atom stereocenters. The molecule has 4 aromatic carbocycles. The monoisotopic (exact) mass is 468 g/mol. The van der Waals surface area contributed by atoms with Crippen LogP contribution in [0.15, 0.2) is 106 Å². The van der Waals surface area contributed by atoms with Gasteiger partial charge in [-0.1, -0.05) is 54.2 Å². The van der Waals surface area contributed by atoms with Crippen LogP contribution < -0.4 is 5.32 Å². The average Bonchev–Trinajstić information content (AvgIpc) is 3.00. The smallest absolute Gasteiger partial charge is 0.251 e. The predicted octanol–water partition coefficient (Wildman–Crippen LogP) is 6.14. The van der Waals surface area contributed by atoms with Crippen molar-refractivity contribution in [3.63, 3.8) is 0 Å². The van der Waals surface area contributed by atoms with Crippen molar-refractivity contribution in [1.82, 2.24) is 5.32 Å². The largest absolute Gasteiger partial charge is 0.508 e. The van der Waals surface area contributed by atoms with Gasteiger partial charge in [-0.05, 0) is 60.5 Å². The van der Waals surface area contributed by atoms with E-state index in [0.717, 1.165) is 20.9 Å². The number of fused-ring (bicyclic) bond motifs is 2. The number of aliphatic imine (C=N–C) groups is 1. The van der Waals surface area contributed by atoms with Gasteiger partial charge in [0.2, 0.25) is 0 Å². The van der Waals surface area contributed by atoms with Crippen LogP contribution in [0.2, 0.25) is 0 Å². The summed E-state index contributed by atoms with van der Waals surface area (Å²) in [6.07, 6.45) is 0.603. The summed E-state index contributed by atoms with van der Waals surface area (Å²) in [7, 11) is 0. The molecule has 2 N–H and O–H groups in total. The Hall–Kier alpha value is -3.90. The van der Waals surface area contributed by atoms with Crippen molar-refractivity contribution in [3.05, 3.63) is 119 Å². The standard InChI is InChI=1S/C28H21FN2O2S/c29-23-10-3-1-8-21(23)27-22-9-2-4-11-25(22)34-26-13-12-19(17-24(26)31-27)28(33)30-15-14-18-6-5-7-20(32)16-18/h1-13,16-17,32H,14-15H2,(H,30,33). The molecule has 1 aliphatic heterocycles. The normalized spacial score (nSPS) is 12.2. The molecule has 0 aliphatic carbocycles. The van der Waals surface area contributed by atoms with E-state index < -0.39 is 0 Å². The third-order valence-electron chi connectivity index (χ3n) is 5.55. The maximum atomic E-state index is 14.7. The lowest BCUT2D eigenvalue weighted by Crippen LogP contribution is -2.25. The maximum Gasteiger partial charge on any atom is 0.251 e. The van der Waals surface area contributed by atoms with Gasteiger partial charge in [0.15, 0.2) is 0 Å². The number of phenolic OH excluding ortho intramolecular Hbond substituents is 1. The summed E-state index contributed by atoms with van der Waals surface area (Å²) in [5.41, 5.74) is 3.87. The summed E-state index contributed by atoms with van der Waals surface area (Å²) in [6.45, 7) is 0.434. The van der Waals surface area contributed by atoms with Crippen molar-refractivity contribution in [1.29, 1.82) is 0 Å². The number of hydrogen-bond donors (Lipinski definition) is 2.